The highest BCUT2D eigenvalue weighted by Crippen LogP contribution is 2.39. The van der Waals surface area contributed by atoms with Crippen LogP contribution in [0, 0.1) is 12.8 Å². The summed E-state index contributed by atoms with van der Waals surface area (Å²) in [6.45, 7) is 4.19. The van der Waals surface area contributed by atoms with Crippen LogP contribution in [0.4, 0.5) is 0 Å². The van der Waals surface area contributed by atoms with E-state index in [0.717, 1.165) is 18.4 Å². The van der Waals surface area contributed by atoms with E-state index in [1.165, 1.54) is 23.7 Å². The van der Waals surface area contributed by atoms with Crippen LogP contribution in [0.3, 0.4) is 0 Å². The van der Waals surface area contributed by atoms with E-state index in [1.54, 1.807) is 0 Å². The molecule has 0 spiro atoms. The van der Waals surface area contributed by atoms with Crippen molar-refractivity contribution in [3.63, 3.8) is 0 Å². The smallest absolute Gasteiger partial charge is 0.261 e. The lowest BCUT2D eigenvalue weighted by Crippen LogP contribution is -2.44. The molecule has 5 heteroatoms. The lowest BCUT2D eigenvalue weighted by atomic mass is 10.1. The molecule has 1 heterocycles. The number of amides is 1. The SMILES string of the molecule is Cc1ccc2ncn(CC(=O)N(C3CC3)C(C)C3CC3)c(=O)c2c1. The molecule has 2 aromatic rings. The van der Waals surface area contributed by atoms with Gasteiger partial charge in [-0.2, -0.15) is 0 Å². The maximum Gasteiger partial charge on any atom is 0.261 e. The summed E-state index contributed by atoms with van der Waals surface area (Å²) >= 11 is 0. The van der Waals surface area contributed by atoms with Crippen molar-refractivity contribution >= 4 is 16.8 Å². The maximum absolute atomic E-state index is 12.9. The van der Waals surface area contributed by atoms with E-state index in [1.807, 2.05) is 30.0 Å². The van der Waals surface area contributed by atoms with Gasteiger partial charge in [-0.25, -0.2) is 4.98 Å². The lowest BCUT2D eigenvalue weighted by Gasteiger charge is -2.29. The molecule has 1 unspecified atom stereocenters. The fraction of sp³-hybridized carbons (Fsp3) is 0.526. The Bertz CT molecular complexity index is 849. The Kier molecular flexibility index (Phi) is 3.66. The molecule has 24 heavy (non-hydrogen) atoms. The monoisotopic (exact) mass is 325 g/mol. The topological polar surface area (TPSA) is 55.2 Å². The second-order valence-corrected chi connectivity index (χ2v) is 7.31. The van der Waals surface area contributed by atoms with Crippen LogP contribution in [0.2, 0.25) is 0 Å². The Morgan fingerprint density at radius 2 is 2.08 bits per heavy atom. The standard InChI is InChI=1S/C19H23N3O2/c1-12-3-8-17-16(9-12)19(24)21(11-20-17)10-18(23)22(15-6-7-15)13(2)14-4-5-14/h3,8-9,11,13-15H,4-7,10H2,1-2H3. The molecule has 2 fully saturated rings. The first kappa shape index (κ1) is 15.4. The quantitative estimate of drug-likeness (QED) is 0.849. The third-order valence-corrected chi connectivity index (χ3v) is 5.26. The second kappa shape index (κ2) is 5.72. The fourth-order valence-corrected chi connectivity index (χ4v) is 3.53. The molecule has 2 aliphatic carbocycles. The molecule has 0 radical (unpaired) electrons. The van der Waals surface area contributed by atoms with Crippen molar-refractivity contribution in [2.75, 3.05) is 0 Å². The van der Waals surface area contributed by atoms with Crippen LogP contribution in [0.15, 0.2) is 29.3 Å². The van der Waals surface area contributed by atoms with Gasteiger partial charge in [0, 0.05) is 12.1 Å². The molecule has 0 N–H and O–H groups in total. The van der Waals surface area contributed by atoms with Crippen molar-refractivity contribution in [3.8, 4) is 0 Å². The van der Waals surface area contributed by atoms with Crippen molar-refractivity contribution in [2.24, 2.45) is 5.92 Å². The van der Waals surface area contributed by atoms with Crippen LogP contribution < -0.4 is 5.56 Å². The van der Waals surface area contributed by atoms with E-state index >= 15 is 0 Å². The number of carbonyl (C=O) groups excluding carboxylic acids is 1. The minimum absolute atomic E-state index is 0.0489. The minimum atomic E-state index is -0.133. The van der Waals surface area contributed by atoms with Gasteiger partial charge in [-0.15, -0.1) is 0 Å². The van der Waals surface area contributed by atoms with Gasteiger partial charge in [0.25, 0.3) is 5.56 Å². The number of aryl methyl sites for hydroxylation is 1. The van der Waals surface area contributed by atoms with Gasteiger partial charge in [0.2, 0.25) is 5.91 Å². The summed E-state index contributed by atoms with van der Waals surface area (Å²) < 4.78 is 1.46. The van der Waals surface area contributed by atoms with Gasteiger partial charge in [0.15, 0.2) is 0 Å². The zero-order chi connectivity index (χ0) is 16.8. The molecule has 1 aromatic heterocycles. The molecule has 0 saturated heterocycles. The predicted molar refractivity (Wildman–Crippen MR) is 92.8 cm³/mol. The summed E-state index contributed by atoms with van der Waals surface area (Å²) in [6, 6.07) is 6.30. The number of fused-ring (bicyclic) bond motifs is 1. The third-order valence-electron chi connectivity index (χ3n) is 5.26. The minimum Gasteiger partial charge on any atom is -0.335 e. The van der Waals surface area contributed by atoms with E-state index in [0.29, 0.717) is 22.9 Å². The third kappa shape index (κ3) is 2.83. The largest absolute Gasteiger partial charge is 0.335 e. The summed E-state index contributed by atoms with van der Waals surface area (Å²) in [4.78, 5) is 31.9. The number of hydrogen-bond donors (Lipinski definition) is 0. The van der Waals surface area contributed by atoms with E-state index in [4.69, 9.17) is 0 Å². The zero-order valence-electron chi connectivity index (χ0n) is 14.2. The molecule has 0 bridgehead atoms. The molecular weight excluding hydrogens is 302 g/mol. The Hall–Kier alpha value is -2.17. The molecular formula is C19H23N3O2. The van der Waals surface area contributed by atoms with Crippen LogP contribution >= 0.6 is 0 Å². The highest BCUT2D eigenvalue weighted by atomic mass is 16.2. The Balaban J connectivity index is 1.62. The fourth-order valence-electron chi connectivity index (χ4n) is 3.53. The molecule has 2 aliphatic rings. The van der Waals surface area contributed by atoms with Crippen LogP contribution in [0.1, 0.15) is 38.2 Å². The number of rotatable bonds is 5. The van der Waals surface area contributed by atoms with Crippen molar-refractivity contribution in [1.82, 2.24) is 14.5 Å². The molecule has 1 aromatic carbocycles. The first-order valence-electron chi connectivity index (χ1n) is 8.81. The highest BCUT2D eigenvalue weighted by Gasteiger charge is 2.41. The lowest BCUT2D eigenvalue weighted by molar-refractivity contribution is -0.135. The van der Waals surface area contributed by atoms with Gasteiger partial charge < -0.3 is 4.90 Å². The van der Waals surface area contributed by atoms with Gasteiger partial charge >= 0.3 is 0 Å². The first-order valence-corrected chi connectivity index (χ1v) is 8.81. The summed E-state index contributed by atoms with van der Waals surface area (Å²) in [6.07, 6.45) is 6.12. The van der Waals surface area contributed by atoms with E-state index in [2.05, 4.69) is 11.9 Å². The number of carbonyl (C=O) groups is 1. The van der Waals surface area contributed by atoms with Crippen molar-refractivity contribution in [1.29, 1.82) is 0 Å². The van der Waals surface area contributed by atoms with Crippen molar-refractivity contribution in [2.45, 2.75) is 58.2 Å². The van der Waals surface area contributed by atoms with E-state index < -0.39 is 0 Å². The van der Waals surface area contributed by atoms with Crippen molar-refractivity contribution in [3.05, 3.63) is 40.4 Å². The van der Waals surface area contributed by atoms with Gasteiger partial charge in [-0.1, -0.05) is 11.6 Å². The normalized spacial score (nSPS) is 18.6. The van der Waals surface area contributed by atoms with Crippen LogP contribution in [0.25, 0.3) is 10.9 Å². The molecule has 1 atom stereocenters. The highest BCUT2D eigenvalue weighted by molar-refractivity contribution is 5.80. The molecule has 5 nitrogen and oxygen atoms in total. The van der Waals surface area contributed by atoms with Gasteiger partial charge in [-0.3, -0.25) is 14.2 Å². The number of aromatic nitrogens is 2. The van der Waals surface area contributed by atoms with Crippen LogP contribution in [-0.2, 0) is 11.3 Å². The Morgan fingerprint density at radius 3 is 2.75 bits per heavy atom. The molecule has 1 amide bonds. The van der Waals surface area contributed by atoms with Gasteiger partial charge in [0.05, 0.1) is 17.2 Å². The Morgan fingerprint density at radius 1 is 1.33 bits per heavy atom. The van der Waals surface area contributed by atoms with Gasteiger partial charge in [-0.05, 0) is 57.6 Å². The van der Waals surface area contributed by atoms with E-state index in [9.17, 15) is 9.59 Å². The number of benzene rings is 1. The summed E-state index contributed by atoms with van der Waals surface area (Å²) in [5, 5.41) is 0.582. The molecule has 4 rings (SSSR count). The summed E-state index contributed by atoms with van der Waals surface area (Å²) in [5.74, 6) is 0.691. The van der Waals surface area contributed by atoms with E-state index in [-0.39, 0.29) is 24.1 Å². The summed E-state index contributed by atoms with van der Waals surface area (Å²) in [7, 11) is 0. The summed E-state index contributed by atoms with van der Waals surface area (Å²) in [5.41, 5.74) is 1.57. The first-order chi connectivity index (χ1) is 11.5. The zero-order valence-corrected chi connectivity index (χ0v) is 14.2. The van der Waals surface area contributed by atoms with Crippen LogP contribution in [-0.4, -0.2) is 32.4 Å². The molecule has 0 aliphatic heterocycles. The second-order valence-electron chi connectivity index (χ2n) is 7.31. The average molecular weight is 325 g/mol. The average Bonchev–Trinajstić information content (AvgIpc) is 3.44. The Labute approximate surface area is 141 Å². The predicted octanol–water partition coefficient (Wildman–Crippen LogP) is 2.49. The number of nitrogens with zero attached hydrogens (tertiary/aromatic N) is 3. The van der Waals surface area contributed by atoms with Gasteiger partial charge in [0.1, 0.15) is 6.54 Å². The van der Waals surface area contributed by atoms with Crippen LogP contribution in [0.5, 0.6) is 0 Å². The number of hydrogen-bond acceptors (Lipinski definition) is 3. The molecule has 126 valence electrons. The van der Waals surface area contributed by atoms with Crippen molar-refractivity contribution < 1.29 is 4.79 Å². The molecule has 2 saturated carbocycles. The maximum atomic E-state index is 12.9.